The van der Waals surface area contributed by atoms with E-state index in [0.717, 1.165) is 11.8 Å². The summed E-state index contributed by atoms with van der Waals surface area (Å²) in [6.45, 7) is 7.50. The van der Waals surface area contributed by atoms with E-state index in [1.54, 1.807) is 33.4 Å². The van der Waals surface area contributed by atoms with Crippen LogP contribution in [0.5, 0.6) is 0 Å². The molecule has 0 heterocycles. The number of halogens is 2. The second kappa shape index (κ2) is 17.3. The van der Waals surface area contributed by atoms with E-state index in [1.165, 1.54) is 132 Å². The summed E-state index contributed by atoms with van der Waals surface area (Å²) in [6, 6.07) is 41.9. The number of hydrogen-bond acceptors (Lipinski definition) is 0. The fourth-order valence-corrected chi connectivity index (χ4v) is 32.9. The summed E-state index contributed by atoms with van der Waals surface area (Å²) in [5, 5.41) is 5.41. The van der Waals surface area contributed by atoms with Crippen LogP contribution in [0.2, 0.25) is 9.26 Å². The van der Waals surface area contributed by atoms with Crippen LogP contribution in [0.4, 0.5) is 0 Å². The van der Waals surface area contributed by atoms with Gasteiger partial charge in [0, 0.05) is 0 Å². The van der Waals surface area contributed by atoms with Gasteiger partial charge in [-0.15, -0.1) is 24.8 Å². The fourth-order valence-electron chi connectivity index (χ4n) is 13.0. The van der Waals surface area contributed by atoms with Crippen molar-refractivity contribution >= 4 is 65.4 Å². The summed E-state index contributed by atoms with van der Waals surface area (Å²) in [4.78, 5) is 0. The molecule has 0 amide bonds. The number of rotatable bonds is 8. The van der Waals surface area contributed by atoms with Gasteiger partial charge in [0.1, 0.15) is 0 Å². The number of fused-ring (bicyclic) bond motifs is 4. The minimum atomic E-state index is -4.00. The van der Waals surface area contributed by atoms with E-state index < -0.39 is 17.4 Å². The Morgan fingerprint density at radius 3 is 1.27 bits per heavy atom. The molecule has 0 nitrogen and oxygen atoms in total. The van der Waals surface area contributed by atoms with Gasteiger partial charge in [-0.2, -0.15) is 0 Å². The van der Waals surface area contributed by atoms with Crippen LogP contribution in [-0.4, -0.2) is 6.88 Å². The molecule has 0 radical (unpaired) electrons. The molecule has 0 N–H and O–H groups in total. The van der Waals surface area contributed by atoms with Crippen LogP contribution in [0.15, 0.2) is 120 Å². The minimum Gasteiger partial charge on any atom is -0.147 e. The molecule has 2 unspecified atom stereocenters. The smallest absolute Gasteiger partial charge is 0.147 e. The Kier molecular flexibility index (Phi) is 12.6. The molecule has 0 aromatic heterocycles. The van der Waals surface area contributed by atoms with Gasteiger partial charge in [-0.05, 0) is 0 Å². The SMILES string of the molecule is Cc1ccc(-c2cccc3ccccc23)c2c1[CH]([Zr]([CH3])([CH3])(=[SiH2])[CH]1C(CC3CCCCC3)=Cc3c(-c4cccc5ccccc45)ccc(C)c31)C(CC1CCCCC1)=C2.Cl.Cl. The Morgan fingerprint density at radius 1 is 0.467 bits per heavy atom. The molecule has 4 heteroatoms. The number of allylic oxidation sites excluding steroid dienone is 2. The van der Waals surface area contributed by atoms with Crippen LogP contribution in [0.25, 0.3) is 56.0 Å². The first kappa shape index (κ1) is 43.6. The zero-order chi connectivity index (χ0) is 39.6. The van der Waals surface area contributed by atoms with Crippen molar-refractivity contribution in [1.29, 1.82) is 0 Å². The summed E-state index contributed by atoms with van der Waals surface area (Å²) in [5.41, 5.74) is 18.7. The van der Waals surface area contributed by atoms with Gasteiger partial charge in [0.2, 0.25) is 0 Å². The van der Waals surface area contributed by atoms with E-state index in [0.29, 0.717) is 7.25 Å². The molecule has 0 saturated heterocycles. The van der Waals surface area contributed by atoms with Crippen molar-refractivity contribution in [3.63, 3.8) is 0 Å². The predicted molar refractivity (Wildman–Crippen MR) is 267 cm³/mol. The topological polar surface area (TPSA) is 0 Å². The van der Waals surface area contributed by atoms with Gasteiger partial charge in [-0.3, -0.25) is 0 Å². The number of aryl methyl sites for hydroxylation is 2. The van der Waals surface area contributed by atoms with Gasteiger partial charge in [-0.25, -0.2) is 0 Å². The van der Waals surface area contributed by atoms with E-state index in [9.17, 15) is 0 Å². The van der Waals surface area contributed by atoms with E-state index in [4.69, 9.17) is 0 Å². The second-order valence-electron chi connectivity index (χ2n) is 20.2. The van der Waals surface area contributed by atoms with Gasteiger partial charge in [-0.1, -0.05) is 0 Å². The molecule has 2 atom stereocenters. The third-order valence-electron chi connectivity index (χ3n) is 15.5. The van der Waals surface area contributed by atoms with E-state index in [2.05, 4.69) is 151 Å². The van der Waals surface area contributed by atoms with Crippen molar-refractivity contribution in [2.45, 2.75) is 107 Å². The van der Waals surface area contributed by atoms with Gasteiger partial charge < -0.3 is 0 Å². The molecule has 0 bridgehead atoms. The number of benzene rings is 6. The summed E-state index contributed by atoms with van der Waals surface area (Å²) >= 11 is -4.00. The first-order chi connectivity index (χ1) is 28.1. The molecule has 6 aromatic carbocycles. The van der Waals surface area contributed by atoms with Crippen molar-refractivity contribution < 1.29 is 17.4 Å². The first-order valence-corrected chi connectivity index (χ1v) is 36.5. The van der Waals surface area contributed by atoms with Gasteiger partial charge >= 0.3 is 353 Å². The molecule has 4 aliphatic rings. The van der Waals surface area contributed by atoms with E-state index in [-0.39, 0.29) is 24.8 Å². The maximum atomic E-state index is 2.93. The monoisotopic (exact) mass is 924 g/mol. The summed E-state index contributed by atoms with van der Waals surface area (Å²) in [7, 11) is 0. The predicted octanol–water partition coefficient (Wildman–Crippen LogP) is 16.6. The van der Waals surface area contributed by atoms with Crippen molar-refractivity contribution in [2.24, 2.45) is 11.8 Å². The minimum absolute atomic E-state index is 0. The molecule has 2 saturated carbocycles. The number of hydrogen-bond donors (Lipinski definition) is 0. The Morgan fingerprint density at radius 2 is 0.850 bits per heavy atom. The normalized spacial score (nSPS) is 19.6. The Bertz CT molecular complexity index is 2530. The quantitative estimate of drug-likeness (QED) is 0.133. The van der Waals surface area contributed by atoms with E-state index >= 15 is 0 Å². The van der Waals surface area contributed by atoms with Gasteiger partial charge in [0.15, 0.2) is 0 Å². The summed E-state index contributed by atoms with van der Waals surface area (Å²) in [5.74, 6) is 1.61. The van der Waals surface area contributed by atoms with Crippen LogP contribution in [0.3, 0.4) is 0 Å². The van der Waals surface area contributed by atoms with Gasteiger partial charge in [0.05, 0.1) is 0 Å². The zero-order valence-electron chi connectivity index (χ0n) is 36.4. The molecule has 6 aromatic rings. The van der Waals surface area contributed by atoms with Crippen molar-refractivity contribution in [1.82, 2.24) is 0 Å². The van der Waals surface area contributed by atoms with Crippen molar-refractivity contribution in [3.8, 4) is 22.3 Å². The standard InChI is InChI=1S/2C27H27.2CH3.2ClH.H2Si.Zr/c2*1-19-14-15-25(24-13-7-11-22-10-5-6-12-23(22)24)27-18-21(17-26(19)27)16-20-8-3-2-4-9-20;;;;;;/h2*5-7,10-15,17-18,20H,2-4,8-9,16H2,1H3;2*1H3;2*1H;1H2;. The molecule has 0 aliphatic heterocycles. The van der Waals surface area contributed by atoms with Gasteiger partial charge in [0.25, 0.3) is 0 Å². The first-order valence-electron chi connectivity index (χ1n) is 22.9. The molecule has 310 valence electrons. The Labute approximate surface area is 375 Å². The summed E-state index contributed by atoms with van der Waals surface area (Å²) in [6.07, 6.45) is 22.1. The fraction of sp³-hybridized carbons (Fsp3) is 0.357. The van der Waals surface area contributed by atoms with Crippen LogP contribution >= 0.6 is 24.8 Å². The Balaban J connectivity index is 0.00000249. The molecule has 60 heavy (non-hydrogen) atoms. The van der Waals surface area contributed by atoms with Crippen LogP contribution < -0.4 is 0 Å². The third-order valence-corrected chi connectivity index (χ3v) is 32.9. The van der Waals surface area contributed by atoms with E-state index in [1.807, 2.05) is 0 Å². The van der Waals surface area contributed by atoms with Crippen molar-refractivity contribution in [3.05, 3.63) is 154 Å². The average Bonchev–Trinajstić information content (AvgIpc) is 3.83. The molecular weight excluding hydrogens is 863 g/mol. The van der Waals surface area contributed by atoms with Crippen LogP contribution in [0, 0.1) is 25.7 Å². The Hall–Kier alpha value is -3.00. The maximum Gasteiger partial charge on any atom is -0.147 e. The van der Waals surface area contributed by atoms with Crippen molar-refractivity contribution in [2.75, 3.05) is 0 Å². The molecule has 10 rings (SSSR count). The average molecular weight is 927 g/mol. The van der Waals surface area contributed by atoms with Crippen LogP contribution in [-0.2, 0) is 17.4 Å². The molecule has 0 spiro atoms. The zero-order valence-corrected chi connectivity index (χ0v) is 41.9. The van der Waals surface area contributed by atoms with Crippen LogP contribution in [0.1, 0.15) is 118 Å². The maximum absolute atomic E-state index is 4.00. The second-order valence-corrected chi connectivity index (χ2v) is 50.7. The molecular formula is C56H64Cl2SiZr. The third kappa shape index (κ3) is 7.63. The molecule has 2 fully saturated rings. The molecule has 4 aliphatic carbocycles. The largest absolute Gasteiger partial charge is 0.147 e. The summed E-state index contributed by atoms with van der Waals surface area (Å²) < 4.78 is 6.91.